The van der Waals surface area contributed by atoms with Crippen molar-refractivity contribution in [3.63, 3.8) is 0 Å². The SMILES string of the molecule is CCOC(=O)C1C(CC(C)C)CSC1NC(=O)Cc1ccccc1. The zero-order valence-corrected chi connectivity index (χ0v) is 15.5. The maximum atomic E-state index is 12.4. The van der Waals surface area contributed by atoms with Crippen molar-refractivity contribution in [1.29, 1.82) is 0 Å². The van der Waals surface area contributed by atoms with Crippen molar-refractivity contribution in [3.05, 3.63) is 35.9 Å². The van der Waals surface area contributed by atoms with Crippen molar-refractivity contribution in [2.24, 2.45) is 17.8 Å². The molecule has 1 heterocycles. The minimum atomic E-state index is -0.253. The van der Waals surface area contributed by atoms with Gasteiger partial charge in [0.1, 0.15) is 0 Å². The van der Waals surface area contributed by atoms with Gasteiger partial charge in [-0.15, -0.1) is 11.8 Å². The lowest BCUT2D eigenvalue weighted by molar-refractivity contribution is -0.150. The minimum absolute atomic E-state index is 0.0433. The van der Waals surface area contributed by atoms with Crippen LogP contribution in [0.2, 0.25) is 0 Å². The van der Waals surface area contributed by atoms with Gasteiger partial charge < -0.3 is 10.1 Å². The van der Waals surface area contributed by atoms with Crippen molar-refractivity contribution in [2.45, 2.75) is 39.0 Å². The Morgan fingerprint density at radius 1 is 1.29 bits per heavy atom. The first-order valence-corrected chi connectivity index (χ1v) is 9.67. The largest absolute Gasteiger partial charge is 0.466 e. The Morgan fingerprint density at radius 3 is 2.62 bits per heavy atom. The second kappa shape index (κ2) is 9.11. The first-order chi connectivity index (χ1) is 11.5. The van der Waals surface area contributed by atoms with Crippen LogP contribution in [-0.2, 0) is 20.7 Å². The van der Waals surface area contributed by atoms with Gasteiger partial charge in [-0.3, -0.25) is 9.59 Å². The number of esters is 1. The molecule has 1 N–H and O–H groups in total. The van der Waals surface area contributed by atoms with E-state index in [9.17, 15) is 9.59 Å². The van der Waals surface area contributed by atoms with Gasteiger partial charge in [0.2, 0.25) is 5.91 Å². The Hall–Kier alpha value is -1.49. The number of nitrogens with one attached hydrogen (secondary N) is 1. The highest BCUT2D eigenvalue weighted by molar-refractivity contribution is 8.00. The summed E-state index contributed by atoms with van der Waals surface area (Å²) in [5.41, 5.74) is 0.976. The number of rotatable bonds is 7. The lowest BCUT2D eigenvalue weighted by Gasteiger charge is -2.24. The van der Waals surface area contributed by atoms with E-state index in [1.54, 1.807) is 11.8 Å². The van der Waals surface area contributed by atoms with E-state index in [4.69, 9.17) is 4.74 Å². The molecule has 5 heteroatoms. The number of ether oxygens (including phenoxy) is 1. The Bertz CT molecular complexity index is 547. The van der Waals surface area contributed by atoms with Crippen molar-refractivity contribution >= 4 is 23.6 Å². The third-order valence-corrected chi connectivity index (χ3v) is 5.56. The van der Waals surface area contributed by atoms with Crippen molar-refractivity contribution in [1.82, 2.24) is 5.32 Å². The predicted octanol–water partition coefficient (Wildman–Crippen LogP) is 3.26. The summed E-state index contributed by atoms with van der Waals surface area (Å²) >= 11 is 1.66. The third-order valence-electron chi connectivity index (χ3n) is 4.17. The van der Waals surface area contributed by atoms with Gasteiger partial charge in [-0.2, -0.15) is 0 Å². The van der Waals surface area contributed by atoms with E-state index in [0.29, 0.717) is 18.9 Å². The number of benzene rings is 1. The average molecular weight is 349 g/mol. The maximum Gasteiger partial charge on any atom is 0.312 e. The highest BCUT2D eigenvalue weighted by Gasteiger charge is 2.43. The molecule has 1 amide bonds. The number of amides is 1. The number of carbonyl (C=O) groups is 2. The van der Waals surface area contributed by atoms with Crippen LogP contribution in [0.1, 0.15) is 32.8 Å². The van der Waals surface area contributed by atoms with Crippen LogP contribution in [0.3, 0.4) is 0 Å². The molecule has 1 fully saturated rings. The Balaban J connectivity index is 2.01. The highest BCUT2D eigenvalue weighted by atomic mass is 32.2. The molecule has 4 nitrogen and oxygen atoms in total. The number of carbonyl (C=O) groups excluding carboxylic acids is 2. The summed E-state index contributed by atoms with van der Waals surface area (Å²) in [5, 5.41) is 2.85. The van der Waals surface area contributed by atoms with E-state index in [-0.39, 0.29) is 29.1 Å². The van der Waals surface area contributed by atoms with E-state index in [2.05, 4.69) is 19.2 Å². The molecule has 0 radical (unpaired) electrons. The smallest absolute Gasteiger partial charge is 0.312 e. The zero-order valence-electron chi connectivity index (χ0n) is 14.7. The fourth-order valence-corrected chi connectivity index (χ4v) is 4.73. The summed E-state index contributed by atoms with van der Waals surface area (Å²) in [5.74, 6) is 1.19. The topological polar surface area (TPSA) is 55.4 Å². The summed E-state index contributed by atoms with van der Waals surface area (Å²) < 4.78 is 5.26. The second-order valence-electron chi connectivity index (χ2n) is 6.65. The molecule has 24 heavy (non-hydrogen) atoms. The molecule has 0 aliphatic carbocycles. The van der Waals surface area contributed by atoms with E-state index < -0.39 is 0 Å². The van der Waals surface area contributed by atoms with Gasteiger partial charge in [0, 0.05) is 0 Å². The zero-order chi connectivity index (χ0) is 17.5. The molecule has 0 spiro atoms. The minimum Gasteiger partial charge on any atom is -0.466 e. The monoisotopic (exact) mass is 349 g/mol. The van der Waals surface area contributed by atoms with Crippen LogP contribution in [-0.4, -0.2) is 29.6 Å². The molecule has 1 aliphatic heterocycles. The quantitative estimate of drug-likeness (QED) is 0.768. The van der Waals surface area contributed by atoms with Gasteiger partial charge in [0.25, 0.3) is 0 Å². The van der Waals surface area contributed by atoms with Crippen molar-refractivity contribution in [3.8, 4) is 0 Å². The van der Waals surface area contributed by atoms with Crippen LogP contribution >= 0.6 is 11.8 Å². The molecular formula is C19H27NO3S. The van der Waals surface area contributed by atoms with Gasteiger partial charge in [0.15, 0.2) is 0 Å². The summed E-state index contributed by atoms with van der Waals surface area (Å²) in [6, 6.07) is 9.65. The molecule has 1 aromatic carbocycles. The molecule has 1 aromatic rings. The van der Waals surface area contributed by atoms with Crippen LogP contribution in [0.5, 0.6) is 0 Å². The van der Waals surface area contributed by atoms with Gasteiger partial charge >= 0.3 is 5.97 Å². The van der Waals surface area contributed by atoms with E-state index in [1.165, 1.54) is 0 Å². The molecule has 1 saturated heterocycles. The van der Waals surface area contributed by atoms with Gasteiger partial charge in [0.05, 0.1) is 24.3 Å². The van der Waals surface area contributed by atoms with Crippen LogP contribution < -0.4 is 5.32 Å². The predicted molar refractivity (Wildman–Crippen MR) is 97.6 cm³/mol. The van der Waals surface area contributed by atoms with Crippen LogP contribution in [0.15, 0.2) is 30.3 Å². The molecular weight excluding hydrogens is 322 g/mol. The van der Waals surface area contributed by atoms with E-state index >= 15 is 0 Å². The number of hydrogen-bond acceptors (Lipinski definition) is 4. The number of hydrogen-bond donors (Lipinski definition) is 1. The molecule has 2 rings (SSSR count). The summed E-state index contributed by atoms with van der Waals surface area (Å²) in [6.45, 7) is 6.52. The molecule has 0 bridgehead atoms. The lowest BCUT2D eigenvalue weighted by atomic mass is 9.86. The molecule has 1 aliphatic rings. The first kappa shape index (κ1) is 18.8. The van der Waals surface area contributed by atoms with Crippen LogP contribution in [0.4, 0.5) is 0 Å². The fourth-order valence-electron chi connectivity index (χ4n) is 3.18. The first-order valence-electron chi connectivity index (χ1n) is 8.62. The Kier molecular flexibility index (Phi) is 7.16. The van der Waals surface area contributed by atoms with Gasteiger partial charge in [-0.25, -0.2) is 0 Å². The normalized spacial score (nSPS) is 23.2. The highest BCUT2D eigenvalue weighted by Crippen LogP contribution is 2.39. The van der Waals surface area contributed by atoms with Crippen LogP contribution in [0, 0.1) is 17.8 Å². The Morgan fingerprint density at radius 2 is 2.00 bits per heavy atom. The van der Waals surface area contributed by atoms with Crippen molar-refractivity contribution < 1.29 is 14.3 Å². The summed E-state index contributed by atoms with van der Waals surface area (Å²) in [4.78, 5) is 24.7. The molecule has 3 unspecified atom stereocenters. The standard InChI is InChI=1S/C19H27NO3S/c1-4-23-19(22)17-15(10-13(2)3)12-24-18(17)20-16(21)11-14-8-6-5-7-9-14/h5-9,13,15,17-18H,4,10-12H2,1-3H3,(H,20,21). The van der Waals surface area contributed by atoms with Crippen LogP contribution in [0.25, 0.3) is 0 Å². The average Bonchev–Trinajstić information content (AvgIpc) is 2.90. The van der Waals surface area contributed by atoms with Crippen molar-refractivity contribution in [2.75, 3.05) is 12.4 Å². The summed E-state index contributed by atoms with van der Waals surface area (Å²) in [7, 11) is 0. The van der Waals surface area contributed by atoms with Gasteiger partial charge in [-0.05, 0) is 36.5 Å². The fraction of sp³-hybridized carbons (Fsp3) is 0.579. The van der Waals surface area contributed by atoms with Gasteiger partial charge in [-0.1, -0.05) is 44.2 Å². The maximum absolute atomic E-state index is 12.4. The molecule has 132 valence electrons. The Labute approximate surface area is 148 Å². The second-order valence-corrected chi connectivity index (χ2v) is 7.83. The van der Waals surface area contributed by atoms with E-state index in [0.717, 1.165) is 17.7 Å². The lowest BCUT2D eigenvalue weighted by Crippen LogP contribution is -2.42. The molecule has 3 atom stereocenters. The molecule has 0 aromatic heterocycles. The third kappa shape index (κ3) is 5.26. The molecule has 0 saturated carbocycles. The summed E-state index contributed by atoms with van der Waals surface area (Å²) in [6.07, 6.45) is 1.31. The van der Waals surface area contributed by atoms with E-state index in [1.807, 2.05) is 37.3 Å². The number of thioether (sulfide) groups is 1.